The van der Waals surface area contributed by atoms with Crippen molar-refractivity contribution in [1.29, 1.82) is 0 Å². The molecule has 2 aromatic heterocycles. The van der Waals surface area contributed by atoms with Gasteiger partial charge in [0.2, 0.25) is 0 Å². The molecule has 31 heavy (non-hydrogen) atoms. The third-order valence-electron chi connectivity index (χ3n) is 4.97. The van der Waals surface area contributed by atoms with Crippen LogP contribution in [-0.4, -0.2) is 28.2 Å². The number of ether oxygens (including phenoxy) is 1. The lowest BCUT2D eigenvalue weighted by atomic mass is 9.95. The van der Waals surface area contributed by atoms with Crippen molar-refractivity contribution in [3.8, 4) is 11.3 Å². The zero-order valence-corrected chi connectivity index (χ0v) is 19.4. The van der Waals surface area contributed by atoms with Gasteiger partial charge in [0.05, 0.1) is 22.4 Å². The lowest BCUT2D eigenvalue weighted by Crippen LogP contribution is -2.18. The van der Waals surface area contributed by atoms with Gasteiger partial charge in [-0.3, -0.25) is 9.89 Å². The molecule has 0 atom stereocenters. The summed E-state index contributed by atoms with van der Waals surface area (Å²) in [7, 11) is 0. The van der Waals surface area contributed by atoms with Crippen molar-refractivity contribution < 1.29 is 14.3 Å². The van der Waals surface area contributed by atoms with E-state index in [4.69, 9.17) is 27.9 Å². The number of hydrogen-bond acceptors (Lipinski definition) is 5. The highest BCUT2D eigenvalue weighted by Gasteiger charge is 2.28. The molecule has 6 nitrogen and oxygen atoms in total. The quantitative estimate of drug-likeness (QED) is 0.432. The van der Waals surface area contributed by atoms with Crippen LogP contribution in [0.3, 0.4) is 0 Å². The molecule has 0 spiro atoms. The van der Waals surface area contributed by atoms with Crippen LogP contribution in [0.2, 0.25) is 10.0 Å². The maximum absolute atomic E-state index is 12.9. The maximum Gasteiger partial charge on any atom is 0.341 e. The van der Waals surface area contributed by atoms with Gasteiger partial charge >= 0.3 is 5.97 Å². The Morgan fingerprint density at radius 2 is 1.97 bits per heavy atom. The molecule has 1 aliphatic carbocycles. The Morgan fingerprint density at radius 3 is 2.71 bits per heavy atom. The highest BCUT2D eigenvalue weighted by molar-refractivity contribution is 7.17. The van der Waals surface area contributed by atoms with Crippen LogP contribution in [0.25, 0.3) is 11.3 Å². The summed E-state index contributed by atoms with van der Waals surface area (Å²) in [5.41, 5.74) is 2.92. The number of rotatable bonds is 5. The van der Waals surface area contributed by atoms with Crippen LogP contribution in [0.4, 0.5) is 5.00 Å². The number of H-pyrrole nitrogens is 1. The standard InChI is InChI=1S/C22H21Cl2N3O3S/c1-11(2)30-22(29)19-14-5-3-4-6-18(14)31-21(19)25-20(28)17-10-16(26-27-17)13-8-7-12(23)9-15(13)24/h7-11H,3-6H2,1-2H3,(H,25,28)(H,26,27). The predicted molar refractivity (Wildman–Crippen MR) is 124 cm³/mol. The van der Waals surface area contributed by atoms with Gasteiger partial charge < -0.3 is 10.1 Å². The number of nitrogens with one attached hydrogen (secondary N) is 2. The second-order valence-electron chi connectivity index (χ2n) is 7.61. The monoisotopic (exact) mass is 477 g/mol. The van der Waals surface area contributed by atoms with Gasteiger partial charge in [-0.15, -0.1) is 11.3 Å². The van der Waals surface area contributed by atoms with E-state index < -0.39 is 5.97 Å². The number of thiophene rings is 1. The van der Waals surface area contributed by atoms with E-state index in [2.05, 4.69) is 15.5 Å². The number of aromatic amines is 1. The molecule has 0 aliphatic heterocycles. The van der Waals surface area contributed by atoms with Gasteiger partial charge in [-0.05, 0) is 69.4 Å². The van der Waals surface area contributed by atoms with Gasteiger partial charge in [0, 0.05) is 15.5 Å². The van der Waals surface area contributed by atoms with E-state index in [0.29, 0.717) is 31.9 Å². The number of esters is 1. The van der Waals surface area contributed by atoms with Crippen LogP contribution in [0.5, 0.6) is 0 Å². The number of aromatic nitrogens is 2. The Kier molecular flexibility index (Phi) is 6.36. The van der Waals surface area contributed by atoms with Gasteiger partial charge in [-0.1, -0.05) is 23.2 Å². The van der Waals surface area contributed by atoms with Crippen molar-refractivity contribution in [2.45, 2.75) is 45.6 Å². The number of carbonyl (C=O) groups excluding carboxylic acids is 2. The van der Waals surface area contributed by atoms with E-state index in [-0.39, 0.29) is 17.7 Å². The fourth-order valence-electron chi connectivity index (χ4n) is 3.59. The number of fused-ring (bicyclic) bond motifs is 1. The summed E-state index contributed by atoms with van der Waals surface area (Å²) >= 11 is 13.6. The smallest absolute Gasteiger partial charge is 0.341 e. The van der Waals surface area contributed by atoms with Gasteiger partial charge in [-0.2, -0.15) is 5.10 Å². The second-order valence-corrected chi connectivity index (χ2v) is 9.56. The summed E-state index contributed by atoms with van der Waals surface area (Å²) in [5.74, 6) is -0.788. The van der Waals surface area contributed by atoms with Crippen LogP contribution in [0.15, 0.2) is 24.3 Å². The normalized spacial score (nSPS) is 13.2. The molecule has 0 bridgehead atoms. The van der Waals surface area contributed by atoms with Crippen LogP contribution in [0.1, 0.15) is 58.0 Å². The minimum absolute atomic E-state index is 0.241. The van der Waals surface area contributed by atoms with E-state index in [1.165, 1.54) is 11.3 Å². The van der Waals surface area contributed by atoms with Gasteiger partial charge in [0.1, 0.15) is 10.7 Å². The van der Waals surface area contributed by atoms with Crippen LogP contribution >= 0.6 is 34.5 Å². The number of anilines is 1. The summed E-state index contributed by atoms with van der Waals surface area (Å²) in [5, 5.41) is 11.3. The summed E-state index contributed by atoms with van der Waals surface area (Å²) in [4.78, 5) is 26.8. The lowest BCUT2D eigenvalue weighted by Gasteiger charge is -2.14. The number of carbonyl (C=O) groups is 2. The van der Waals surface area contributed by atoms with E-state index in [1.54, 1.807) is 24.3 Å². The van der Waals surface area contributed by atoms with E-state index in [0.717, 1.165) is 36.1 Å². The predicted octanol–water partition coefficient (Wildman–Crippen LogP) is 6.14. The second kappa shape index (κ2) is 9.02. The van der Waals surface area contributed by atoms with Crippen LogP contribution < -0.4 is 5.32 Å². The van der Waals surface area contributed by atoms with Crippen molar-refractivity contribution >= 4 is 51.4 Å². The van der Waals surface area contributed by atoms with E-state index in [1.807, 2.05) is 13.8 Å². The number of halogens is 2. The number of aryl methyl sites for hydroxylation is 1. The number of amides is 1. The molecule has 1 amide bonds. The van der Waals surface area contributed by atoms with Crippen molar-refractivity contribution in [1.82, 2.24) is 10.2 Å². The Labute approximate surface area is 193 Å². The highest BCUT2D eigenvalue weighted by atomic mass is 35.5. The fraction of sp³-hybridized carbons (Fsp3) is 0.318. The Morgan fingerprint density at radius 1 is 1.19 bits per heavy atom. The molecule has 0 saturated carbocycles. The number of hydrogen-bond donors (Lipinski definition) is 2. The molecule has 0 fully saturated rings. The topological polar surface area (TPSA) is 84.1 Å². The summed E-state index contributed by atoms with van der Waals surface area (Å²) in [6.07, 6.45) is 3.57. The highest BCUT2D eigenvalue weighted by Crippen LogP contribution is 2.39. The summed E-state index contributed by atoms with van der Waals surface area (Å²) in [6.45, 7) is 3.62. The largest absolute Gasteiger partial charge is 0.459 e. The molecule has 0 unspecified atom stereocenters. The molecule has 9 heteroatoms. The zero-order valence-electron chi connectivity index (χ0n) is 17.1. The molecule has 0 radical (unpaired) electrons. The molecule has 1 aromatic carbocycles. The molecule has 162 valence electrons. The Bertz CT molecular complexity index is 1150. The van der Waals surface area contributed by atoms with Crippen LogP contribution in [0, 0.1) is 0 Å². The van der Waals surface area contributed by atoms with Gasteiger partial charge in [0.15, 0.2) is 0 Å². The first-order valence-corrected chi connectivity index (χ1v) is 11.6. The molecule has 0 saturated heterocycles. The summed E-state index contributed by atoms with van der Waals surface area (Å²) in [6, 6.07) is 6.69. The van der Waals surface area contributed by atoms with Crippen molar-refractivity contribution in [2.24, 2.45) is 0 Å². The molecular weight excluding hydrogens is 457 g/mol. The third kappa shape index (κ3) is 4.63. The minimum atomic E-state index is -0.400. The van der Waals surface area contributed by atoms with Crippen molar-refractivity contribution in [3.63, 3.8) is 0 Å². The molecule has 1 aliphatic rings. The Hall–Kier alpha value is -2.35. The SMILES string of the molecule is CC(C)OC(=O)c1c(NC(=O)c2cc(-c3ccc(Cl)cc3Cl)n[nH]2)sc2c1CCCC2. The molecule has 4 rings (SSSR count). The first kappa shape index (κ1) is 21.9. The lowest BCUT2D eigenvalue weighted by molar-refractivity contribution is 0.0378. The summed E-state index contributed by atoms with van der Waals surface area (Å²) < 4.78 is 5.44. The Balaban J connectivity index is 1.61. The van der Waals surface area contributed by atoms with E-state index >= 15 is 0 Å². The fourth-order valence-corrected chi connectivity index (χ4v) is 5.36. The molecule has 2 N–H and O–H groups in total. The van der Waals surface area contributed by atoms with Crippen molar-refractivity contribution in [3.05, 3.63) is 56.0 Å². The maximum atomic E-state index is 12.9. The van der Waals surface area contributed by atoms with Gasteiger partial charge in [-0.25, -0.2) is 4.79 Å². The van der Waals surface area contributed by atoms with Gasteiger partial charge in [0.25, 0.3) is 5.91 Å². The average molecular weight is 478 g/mol. The third-order valence-corrected chi connectivity index (χ3v) is 6.73. The average Bonchev–Trinajstić information content (AvgIpc) is 3.32. The first-order valence-electron chi connectivity index (χ1n) is 10.0. The van der Waals surface area contributed by atoms with Crippen LogP contribution in [-0.2, 0) is 17.6 Å². The minimum Gasteiger partial charge on any atom is -0.459 e. The molecule has 2 heterocycles. The first-order chi connectivity index (χ1) is 14.8. The zero-order chi connectivity index (χ0) is 22.1. The molecule has 3 aromatic rings. The van der Waals surface area contributed by atoms with E-state index in [9.17, 15) is 9.59 Å². The van der Waals surface area contributed by atoms with Crippen molar-refractivity contribution in [2.75, 3.05) is 5.32 Å². The molecular formula is C22H21Cl2N3O3S. The number of benzene rings is 1. The number of nitrogens with zero attached hydrogens (tertiary/aromatic N) is 1.